The van der Waals surface area contributed by atoms with E-state index < -0.39 is 5.78 Å². The fourth-order valence-electron chi connectivity index (χ4n) is 2.37. The molecule has 0 unspecified atom stereocenters. The first-order valence-corrected chi connectivity index (χ1v) is 7.68. The topological polar surface area (TPSA) is 77.8 Å². The first kappa shape index (κ1) is 18.9. The van der Waals surface area contributed by atoms with E-state index >= 15 is 0 Å². The molecule has 0 amide bonds. The standard InChI is InChI=1S/C20H19NO5/c1-23-16-7-5-13(6-8-16)20(22)15(12-21)9-14-10-18(25-3)19(26-4)11-17(14)24-2/h5-11H,1-4H3/b15-9-. The molecule has 0 saturated carbocycles. The van der Waals surface area contributed by atoms with E-state index in [0.717, 1.165) is 0 Å². The molecule has 0 aliphatic carbocycles. The van der Waals surface area contributed by atoms with Crippen molar-refractivity contribution in [1.29, 1.82) is 5.26 Å². The summed E-state index contributed by atoms with van der Waals surface area (Å²) in [6.45, 7) is 0. The summed E-state index contributed by atoms with van der Waals surface area (Å²) in [5.74, 6) is 1.64. The molecule has 0 spiro atoms. The number of ether oxygens (including phenoxy) is 4. The Kier molecular flexibility index (Phi) is 6.23. The van der Waals surface area contributed by atoms with Crippen LogP contribution in [0.1, 0.15) is 15.9 Å². The zero-order chi connectivity index (χ0) is 19.1. The lowest BCUT2D eigenvalue weighted by Crippen LogP contribution is -2.02. The van der Waals surface area contributed by atoms with Gasteiger partial charge in [0.15, 0.2) is 11.5 Å². The molecule has 0 aromatic heterocycles. The normalized spacial score (nSPS) is 10.7. The van der Waals surface area contributed by atoms with E-state index in [1.54, 1.807) is 43.5 Å². The van der Waals surface area contributed by atoms with E-state index in [1.165, 1.54) is 27.4 Å². The molecular weight excluding hydrogens is 334 g/mol. The zero-order valence-electron chi connectivity index (χ0n) is 15.0. The number of methoxy groups -OCH3 is 4. The Morgan fingerprint density at radius 1 is 0.885 bits per heavy atom. The van der Waals surface area contributed by atoms with Crippen LogP contribution < -0.4 is 18.9 Å². The van der Waals surface area contributed by atoms with Crippen LogP contribution in [0.25, 0.3) is 6.08 Å². The maximum Gasteiger partial charge on any atom is 0.203 e. The Morgan fingerprint density at radius 2 is 1.46 bits per heavy atom. The molecule has 0 atom stereocenters. The number of ketones is 1. The highest BCUT2D eigenvalue weighted by atomic mass is 16.5. The van der Waals surface area contributed by atoms with Crippen molar-refractivity contribution >= 4 is 11.9 Å². The second kappa shape index (κ2) is 8.58. The van der Waals surface area contributed by atoms with E-state index in [0.29, 0.717) is 34.1 Å². The van der Waals surface area contributed by atoms with Gasteiger partial charge < -0.3 is 18.9 Å². The Morgan fingerprint density at radius 3 is 1.96 bits per heavy atom. The predicted molar refractivity (Wildman–Crippen MR) is 97.0 cm³/mol. The van der Waals surface area contributed by atoms with E-state index in [4.69, 9.17) is 18.9 Å². The first-order valence-electron chi connectivity index (χ1n) is 7.68. The van der Waals surface area contributed by atoms with Gasteiger partial charge in [-0.05, 0) is 36.4 Å². The summed E-state index contributed by atoms with van der Waals surface area (Å²) in [6.07, 6.45) is 1.47. The second-order valence-electron chi connectivity index (χ2n) is 5.18. The quantitative estimate of drug-likeness (QED) is 0.431. The van der Waals surface area contributed by atoms with Gasteiger partial charge in [0.1, 0.15) is 23.1 Å². The number of Topliss-reactive ketones (excluding diaryl/α,β-unsaturated/α-hetero) is 1. The van der Waals surface area contributed by atoms with Crippen molar-refractivity contribution in [3.63, 3.8) is 0 Å². The summed E-state index contributed by atoms with van der Waals surface area (Å²) < 4.78 is 20.9. The van der Waals surface area contributed by atoms with Crippen LogP contribution in [0.3, 0.4) is 0 Å². The highest BCUT2D eigenvalue weighted by Gasteiger charge is 2.16. The minimum Gasteiger partial charge on any atom is -0.497 e. The fraction of sp³-hybridized carbons (Fsp3) is 0.200. The molecule has 2 rings (SSSR count). The van der Waals surface area contributed by atoms with Crippen molar-refractivity contribution in [2.75, 3.05) is 28.4 Å². The fourth-order valence-corrected chi connectivity index (χ4v) is 2.37. The van der Waals surface area contributed by atoms with Crippen molar-refractivity contribution in [3.8, 4) is 29.1 Å². The Bertz CT molecular complexity index is 863. The molecule has 26 heavy (non-hydrogen) atoms. The number of benzene rings is 2. The molecular formula is C20H19NO5. The van der Waals surface area contributed by atoms with Crippen LogP contribution in [0.15, 0.2) is 42.0 Å². The van der Waals surface area contributed by atoms with Crippen LogP contribution in [0.4, 0.5) is 0 Å². The molecule has 6 nitrogen and oxygen atoms in total. The molecule has 134 valence electrons. The third-order valence-corrected chi connectivity index (χ3v) is 3.75. The smallest absolute Gasteiger partial charge is 0.203 e. The molecule has 2 aromatic carbocycles. The summed E-state index contributed by atoms with van der Waals surface area (Å²) in [6, 6.07) is 11.8. The van der Waals surface area contributed by atoms with Gasteiger partial charge in [0.2, 0.25) is 5.78 Å². The SMILES string of the molecule is COc1ccc(C(=O)/C(C#N)=C\c2cc(OC)c(OC)cc2OC)cc1. The third kappa shape index (κ3) is 3.95. The average molecular weight is 353 g/mol. The van der Waals surface area contributed by atoms with Gasteiger partial charge in [0.05, 0.1) is 28.4 Å². The van der Waals surface area contributed by atoms with E-state index in [-0.39, 0.29) is 5.57 Å². The Labute approximate surface area is 152 Å². The predicted octanol–water partition coefficient (Wildman–Crippen LogP) is 3.51. The highest BCUT2D eigenvalue weighted by Crippen LogP contribution is 2.35. The molecule has 0 N–H and O–H groups in total. The molecule has 2 aromatic rings. The lowest BCUT2D eigenvalue weighted by Gasteiger charge is -2.12. The summed E-state index contributed by atoms with van der Waals surface area (Å²) in [5, 5.41) is 9.45. The van der Waals surface area contributed by atoms with Gasteiger partial charge in [-0.3, -0.25) is 4.79 Å². The lowest BCUT2D eigenvalue weighted by molar-refractivity contribution is 0.104. The van der Waals surface area contributed by atoms with Crippen molar-refractivity contribution in [2.45, 2.75) is 0 Å². The molecule has 0 bridgehead atoms. The number of nitrogens with zero attached hydrogens (tertiary/aromatic N) is 1. The van der Waals surface area contributed by atoms with Crippen LogP contribution in [0.5, 0.6) is 23.0 Å². The van der Waals surface area contributed by atoms with Gasteiger partial charge in [0.25, 0.3) is 0 Å². The van der Waals surface area contributed by atoms with Crippen molar-refractivity contribution in [1.82, 2.24) is 0 Å². The maximum atomic E-state index is 12.6. The molecule has 6 heteroatoms. The summed E-state index contributed by atoms with van der Waals surface area (Å²) in [7, 11) is 6.06. The highest BCUT2D eigenvalue weighted by molar-refractivity contribution is 6.14. The number of hydrogen-bond acceptors (Lipinski definition) is 6. The summed E-state index contributed by atoms with van der Waals surface area (Å²) in [4.78, 5) is 12.6. The minimum absolute atomic E-state index is 0.0271. The van der Waals surface area contributed by atoms with Gasteiger partial charge in [0, 0.05) is 17.2 Å². The van der Waals surface area contributed by atoms with Gasteiger partial charge in [-0.2, -0.15) is 5.26 Å². The zero-order valence-corrected chi connectivity index (χ0v) is 15.0. The number of hydrogen-bond donors (Lipinski definition) is 0. The van der Waals surface area contributed by atoms with Crippen molar-refractivity contribution < 1.29 is 23.7 Å². The monoisotopic (exact) mass is 353 g/mol. The van der Waals surface area contributed by atoms with Crippen LogP contribution in [0.2, 0.25) is 0 Å². The van der Waals surface area contributed by atoms with E-state index in [2.05, 4.69) is 0 Å². The number of carbonyl (C=O) groups is 1. The summed E-state index contributed by atoms with van der Waals surface area (Å²) in [5.41, 5.74) is 0.891. The summed E-state index contributed by atoms with van der Waals surface area (Å²) >= 11 is 0. The molecule has 0 heterocycles. The van der Waals surface area contributed by atoms with Crippen LogP contribution in [0, 0.1) is 11.3 Å². The van der Waals surface area contributed by atoms with Gasteiger partial charge in [-0.15, -0.1) is 0 Å². The first-order chi connectivity index (χ1) is 12.6. The van der Waals surface area contributed by atoms with Crippen LogP contribution in [-0.4, -0.2) is 34.2 Å². The molecule has 0 saturated heterocycles. The molecule has 0 aliphatic heterocycles. The van der Waals surface area contributed by atoms with E-state index in [9.17, 15) is 10.1 Å². The molecule has 0 aliphatic rings. The number of nitriles is 1. The van der Waals surface area contributed by atoms with Crippen molar-refractivity contribution in [3.05, 3.63) is 53.1 Å². The number of rotatable bonds is 7. The largest absolute Gasteiger partial charge is 0.497 e. The van der Waals surface area contributed by atoms with Gasteiger partial charge >= 0.3 is 0 Å². The van der Waals surface area contributed by atoms with Crippen molar-refractivity contribution in [2.24, 2.45) is 0 Å². The average Bonchev–Trinajstić information content (AvgIpc) is 2.70. The third-order valence-electron chi connectivity index (χ3n) is 3.75. The number of carbonyl (C=O) groups excluding carboxylic acids is 1. The van der Waals surface area contributed by atoms with Crippen LogP contribution in [-0.2, 0) is 0 Å². The Hall–Kier alpha value is -3.46. The molecule has 0 radical (unpaired) electrons. The minimum atomic E-state index is -0.396. The maximum absolute atomic E-state index is 12.6. The van der Waals surface area contributed by atoms with Gasteiger partial charge in [-0.1, -0.05) is 0 Å². The lowest BCUT2D eigenvalue weighted by atomic mass is 10.0. The second-order valence-corrected chi connectivity index (χ2v) is 5.18. The van der Waals surface area contributed by atoms with Gasteiger partial charge in [-0.25, -0.2) is 0 Å². The van der Waals surface area contributed by atoms with Crippen LogP contribution >= 0.6 is 0 Å². The number of allylic oxidation sites excluding steroid dienone is 1. The molecule has 0 fully saturated rings. The Balaban J connectivity index is 2.47. The van der Waals surface area contributed by atoms with E-state index in [1.807, 2.05) is 6.07 Å².